The molecule has 0 fully saturated rings. The molecule has 1 atom stereocenters. The molecule has 0 aliphatic rings. The van der Waals surface area contributed by atoms with Gasteiger partial charge in [-0.25, -0.2) is 8.42 Å². The molecule has 3 rings (SSSR count). The highest BCUT2D eigenvalue weighted by molar-refractivity contribution is 7.90. The van der Waals surface area contributed by atoms with Gasteiger partial charge in [0.1, 0.15) is 5.70 Å². The second kappa shape index (κ2) is 10.4. The van der Waals surface area contributed by atoms with Gasteiger partial charge in [-0.2, -0.15) is 0 Å². The summed E-state index contributed by atoms with van der Waals surface area (Å²) < 4.78 is 23.4. The molecule has 2 aromatic carbocycles. The van der Waals surface area contributed by atoms with Crippen LogP contribution in [-0.2, 0) is 14.6 Å². The van der Waals surface area contributed by atoms with Crippen LogP contribution in [0.3, 0.4) is 0 Å². The van der Waals surface area contributed by atoms with Crippen LogP contribution in [0.5, 0.6) is 0 Å². The Bertz CT molecular complexity index is 1200. The van der Waals surface area contributed by atoms with Crippen LogP contribution >= 0.6 is 11.3 Å². The lowest BCUT2D eigenvalue weighted by Crippen LogP contribution is -2.36. The predicted octanol–water partition coefficient (Wildman–Crippen LogP) is 4.19. The Kier molecular flexibility index (Phi) is 7.61. The molecule has 32 heavy (non-hydrogen) atoms. The second-order valence-electron chi connectivity index (χ2n) is 7.17. The Balaban J connectivity index is 1.83. The lowest BCUT2D eigenvalue weighted by molar-refractivity contribution is -0.118. The molecular weight excluding hydrogens is 444 g/mol. The van der Waals surface area contributed by atoms with E-state index in [0.717, 1.165) is 16.7 Å². The number of hydrogen-bond donors (Lipinski definition) is 2. The van der Waals surface area contributed by atoms with Crippen molar-refractivity contribution >= 4 is 39.1 Å². The second-order valence-corrected chi connectivity index (χ2v) is 10.2. The molecule has 1 aromatic heterocycles. The Morgan fingerprint density at radius 3 is 2.25 bits per heavy atom. The van der Waals surface area contributed by atoms with Crippen LogP contribution in [0.15, 0.2) is 82.7 Å². The van der Waals surface area contributed by atoms with Gasteiger partial charge in [-0.3, -0.25) is 9.59 Å². The summed E-state index contributed by atoms with van der Waals surface area (Å²) in [6.07, 6.45) is 3.38. The molecule has 0 unspecified atom stereocenters. The zero-order chi connectivity index (χ0) is 23.1. The first-order valence-corrected chi connectivity index (χ1v) is 12.8. The SMILES string of the molecule is CC[C@@H](NC(=O)/C(=C/c1cccs1)NC(=O)c1ccccc1)c1ccc(S(C)(=O)=O)cc1. The maximum absolute atomic E-state index is 13.1. The predicted molar refractivity (Wildman–Crippen MR) is 127 cm³/mol. The summed E-state index contributed by atoms with van der Waals surface area (Å²) in [6.45, 7) is 1.92. The highest BCUT2D eigenvalue weighted by atomic mass is 32.2. The standard InChI is InChI=1S/C24H24N2O4S2/c1-3-21(17-11-13-20(14-12-17)32(2,29)30)25-24(28)22(16-19-10-7-15-31-19)26-23(27)18-8-5-4-6-9-18/h4-16,21H,3H2,1-2H3,(H,25,28)(H,26,27)/b22-16-/t21-/m1/s1. The third kappa shape index (κ3) is 6.15. The highest BCUT2D eigenvalue weighted by Gasteiger charge is 2.19. The summed E-state index contributed by atoms with van der Waals surface area (Å²) >= 11 is 1.45. The van der Waals surface area contributed by atoms with E-state index in [-0.39, 0.29) is 22.5 Å². The van der Waals surface area contributed by atoms with E-state index < -0.39 is 15.7 Å². The van der Waals surface area contributed by atoms with E-state index in [1.807, 2.05) is 30.5 Å². The van der Waals surface area contributed by atoms with Crippen molar-refractivity contribution in [1.82, 2.24) is 10.6 Å². The van der Waals surface area contributed by atoms with Crippen LogP contribution in [-0.4, -0.2) is 26.5 Å². The van der Waals surface area contributed by atoms with Crippen molar-refractivity contribution in [2.24, 2.45) is 0 Å². The minimum atomic E-state index is -3.30. The van der Waals surface area contributed by atoms with E-state index in [0.29, 0.717) is 12.0 Å². The van der Waals surface area contributed by atoms with Crippen molar-refractivity contribution in [1.29, 1.82) is 0 Å². The van der Waals surface area contributed by atoms with Crippen molar-refractivity contribution < 1.29 is 18.0 Å². The van der Waals surface area contributed by atoms with E-state index in [1.54, 1.807) is 42.5 Å². The third-order valence-electron chi connectivity index (χ3n) is 4.78. The van der Waals surface area contributed by atoms with Gasteiger partial charge in [-0.1, -0.05) is 43.3 Å². The average molecular weight is 469 g/mol. The zero-order valence-electron chi connectivity index (χ0n) is 17.7. The van der Waals surface area contributed by atoms with Crippen LogP contribution in [0.4, 0.5) is 0 Å². The van der Waals surface area contributed by atoms with Crippen LogP contribution in [0, 0.1) is 0 Å². The zero-order valence-corrected chi connectivity index (χ0v) is 19.4. The number of nitrogens with one attached hydrogen (secondary N) is 2. The van der Waals surface area contributed by atoms with Gasteiger partial charge in [0, 0.05) is 16.7 Å². The molecule has 0 aliphatic heterocycles. The molecule has 0 bridgehead atoms. The molecule has 0 spiro atoms. The minimum Gasteiger partial charge on any atom is -0.344 e. The molecule has 2 amide bonds. The summed E-state index contributed by atoms with van der Waals surface area (Å²) in [6, 6.07) is 18.5. The molecule has 0 aliphatic carbocycles. The fourth-order valence-corrected chi connectivity index (χ4v) is 4.35. The fraction of sp³-hybridized carbons (Fsp3) is 0.167. The van der Waals surface area contributed by atoms with E-state index in [4.69, 9.17) is 0 Å². The van der Waals surface area contributed by atoms with Crippen molar-refractivity contribution in [2.75, 3.05) is 6.26 Å². The van der Waals surface area contributed by atoms with Gasteiger partial charge >= 0.3 is 0 Å². The molecule has 0 saturated heterocycles. The average Bonchev–Trinajstić information content (AvgIpc) is 3.30. The lowest BCUT2D eigenvalue weighted by Gasteiger charge is -2.19. The highest BCUT2D eigenvalue weighted by Crippen LogP contribution is 2.20. The van der Waals surface area contributed by atoms with Crippen LogP contribution < -0.4 is 10.6 Å². The van der Waals surface area contributed by atoms with Crippen LogP contribution in [0.2, 0.25) is 0 Å². The third-order valence-corrected chi connectivity index (χ3v) is 6.73. The summed E-state index contributed by atoms with van der Waals surface area (Å²) in [5.74, 6) is -0.809. The van der Waals surface area contributed by atoms with Crippen molar-refractivity contribution in [3.8, 4) is 0 Å². The maximum Gasteiger partial charge on any atom is 0.268 e. The Morgan fingerprint density at radius 2 is 1.69 bits per heavy atom. The molecule has 0 radical (unpaired) electrons. The van der Waals surface area contributed by atoms with Gasteiger partial charge in [-0.15, -0.1) is 11.3 Å². The molecule has 2 N–H and O–H groups in total. The Hall–Kier alpha value is -3.23. The van der Waals surface area contributed by atoms with Gasteiger partial charge in [0.05, 0.1) is 10.9 Å². The first-order chi connectivity index (χ1) is 15.3. The van der Waals surface area contributed by atoms with Gasteiger partial charge in [0.2, 0.25) is 0 Å². The molecule has 0 saturated carbocycles. The van der Waals surface area contributed by atoms with Crippen molar-refractivity contribution in [2.45, 2.75) is 24.3 Å². The molecule has 8 heteroatoms. The summed E-state index contributed by atoms with van der Waals surface area (Å²) in [7, 11) is -3.30. The first kappa shape index (κ1) is 23.4. The molecule has 3 aromatic rings. The number of carbonyl (C=O) groups is 2. The van der Waals surface area contributed by atoms with Crippen molar-refractivity contribution in [3.63, 3.8) is 0 Å². The number of hydrogen-bond acceptors (Lipinski definition) is 5. The summed E-state index contributed by atoms with van der Waals surface area (Å²) in [5, 5.41) is 7.55. The molecule has 6 nitrogen and oxygen atoms in total. The van der Waals surface area contributed by atoms with E-state index >= 15 is 0 Å². The van der Waals surface area contributed by atoms with Crippen LogP contribution in [0.25, 0.3) is 6.08 Å². The van der Waals surface area contributed by atoms with Gasteiger partial charge < -0.3 is 10.6 Å². The van der Waals surface area contributed by atoms with Gasteiger partial charge in [0.25, 0.3) is 11.8 Å². The Labute approximate surface area is 191 Å². The molecule has 166 valence electrons. The first-order valence-electron chi connectivity index (χ1n) is 10.0. The number of thiophene rings is 1. The monoisotopic (exact) mass is 468 g/mol. The van der Waals surface area contributed by atoms with E-state index in [1.165, 1.54) is 23.5 Å². The fourth-order valence-electron chi connectivity index (χ4n) is 3.06. The maximum atomic E-state index is 13.1. The molecule has 1 heterocycles. The normalized spacial score (nSPS) is 12.8. The van der Waals surface area contributed by atoms with E-state index in [2.05, 4.69) is 10.6 Å². The topological polar surface area (TPSA) is 92.3 Å². The quantitative estimate of drug-likeness (QED) is 0.485. The van der Waals surface area contributed by atoms with Crippen LogP contribution in [0.1, 0.15) is 40.2 Å². The largest absolute Gasteiger partial charge is 0.344 e. The summed E-state index contributed by atoms with van der Waals surface area (Å²) in [4.78, 5) is 26.8. The van der Waals surface area contributed by atoms with Crippen molar-refractivity contribution in [3.05, 3.63) is 93.8 Å². The van der Waals surface area contributed by atoms with E-state index in [9.17, 15) is 18.0 Å². The summed E-state index contributed by atoms with van der Waals surface area (Å²) in [5.41, 5.74) is 1.35. The Morgan fingerprint density at radius 1 is 1.00 bits per heavy atom. The van der Waals surface area contributed by atoms with Gasteiger partial charge in [-0.05, 0) is 53.8 Å². The number of rotatable bonds is 8. The number of sulfone groups is 1. The smallest absolute Gasteiger partial charge is 0.268 e. The number of carbonyl (C=O) groups excluding carboxylic acids is 2. The lowest BCUT2D eigenvalue weighted by atomic mass is 10.0. The molecular formula is C24H24N2O4S2. The van der Waals surface area contributed by atoms with Gasteiger partial charge in [0.15, 0.2) is 9.84 Å². The number of amides is 2. The number of benzene rings is 2. The minimum absolute atomic E-state index is 0.132.